The van der Waals surface area contributed by atoms with E-state index in [1.54, 1.807) is 23.1 Å². The first-order valence-corrected chi connectivity index (χ1v) is 10.0. The summed E-state index contributed by atoms with van der Waals surface area (Å²) in [6, 6.07) is 5.17. The lowest BCUT2D eigenvalue weighted by molar-refractivity contribution is -0.128. The molecule has 1 saturated heterocycles. The van der Waals surface area contributed by atoms with Crippen molar-refractivity contribution in [3.05, 3.63) is 28.8 Å². The Kier molecular flexibility index (Phi) is 7.55. The van der Waals surface area contributed by atoms with E-state index >= 15 is 0 Å². The fraction of sp³-hybridized carbons (Fsp3) is 0.600. The van der Waals surface area contributed by atoms with Gasteiger partial charge in [-0.05, 0) is 57.4 Å². The number of carbonyl (C=O) groups excluding carboxylic acids is 2. The van der Waals surface area contributed by atoms with Crippen molar-refractivity contribution < 1.29 is 9.59 Å². The third-order valence-corrected chi connectivity index (χ3v) is 6.31. The summed E-state index contributed by atoms with van der Waals surface area (Å²) in [6.07, 6.45) is 4.35. The molecule has 2 N–H and O–H groups in total. The van der Waals surface area contributed by atoms with E-state index in [-0.39, 0.29) is 29.6 Å². The molecule has 0 radical (unpaired) electrons. The van der Waals surface area contributed by atoms with Crippen LogP contribution >= 0.6 is 24.0 Å². The topological polar surface area (TPSA) is 61.4 Å². The molecule has 2 atom stereocenters. The van der Waals surface area contributed by atoms with Crippen molar-refractivity contribution in [1.82, 2.24) is 10.2 Å². The first-order valence-electron chi connectivity index (χ1n) is 9.62. The molecule has 2 aliphatic rings. The molecule has 1 saturated carbocycles. The van der Waals surface area contributed by atoms with Crippen LogP contribution in [0.25, 0.3) is 0 Å². The van der Waals surface area contributed by atoms with Crippen LogP contribution in [0.2, 0.25) is 5.02 Å². The summed E-state index contributed by atoms with van der Waals surface area (Å²) >= 11 is 6.35. The van der Waals surface area contributed by atoms with Crippen LogP contribution in [0.4, 0.5) is 5.69 Å². The fourth-order valence-electron chi connectivity index (χ4n) is 4.39. The average Bonchev–Trinajstić information content (AvgIpc) is 3.08. The van der Waals surface area contributed by atoms with Crippen molar-refractivity contribution in [2.75, 3.05) is 31.5 Å². The SMILES string of the molecule is CCN(CC)C(=O)c1ccc(NC(=O)[C@@]23CCCC[C@H]2CNC3)cc1Cl.Cl. The molecular formula is C20H29Cl2N3O2. The van der Waals surface area contributed by atoms with E-state index in [0.29, 0.717) is 35.3 Å². The van der Waals surface area contributed by atoms with Gasteiger partial charge in [-0.15, -0.1) is 12.4 Å². The van der Waals surface area contributed by atoms with E-state index < -0.39 is 0 Å². The van der Waals surface area contributed by atoms with Gasteiger partial charge in [0.1, 0.15) is 0 Å². The molecule has 7 heteroatoms. The Morgan fingerprint density at radius 1 is 1.30 bits per heavy atom. The summed E-state index contributed by atoms with van der Waals surface area (Å²) in [5.74, 6) is 0.408. The van der Waals surface area contributed by atoms with E-state index in [9.17, 15) is 9.59 Å². The number of hydrogen-bond acceptors (Lipinski definition) is 3. The minimum atomic E-state index is -0.305. The van der Waals surface area contributed by atoms with E-state index in [1.165, 1.54) is 6.42 Å². The number of hydrogen-bond donors (Lipinski definition) is 2. The number of anilines is 1. The lowest BCUT2D eigenvalue weighted by atomic mass is 9.67. The summed E-state index contributed by atoms with van der Waals surface area (Å²) in [5, 5.41) is 6.82. The van der Waals surface area contributed by atoms with Crippen molar-refractivity contribution in [2.24, 2.45) is 11.3 Å². The predicted octanol–water partition coefficient (Wildman–Crippen LogP) is 3.96. The van der Waals surface area contributed by atoms with Gasteiger partial charge in [0.25, 0.3) is 5.91 Å². The van der Waals surface area contributed by atoms with Crippen LogP contribution in [0.5, 0.6) is 0 Å². The Labute approximate surface area is 172 Å². The molecule has 2 fully saturated rings. The maximum Gasteiger partial charge on any atom is 0.255 e. The molecule has 0 aromatic heterocycles. The Hall–Kier alpha value is -1.30. The number of benzene rings is 1. The van der Waals surface area contributed by atoms with Crippen molar-refractivity contribution in [3.8, 4) is 0 Å². The Balaban J connectivity index is 0.00000261. The molecule has 1 aliphatic carbocycles. The highest BCUT2D eigenvalue weighted by Gasteiger charge is 2.49. The first kappa shape index (κ1) is 22.0. The van der Waals surface area contributed by atoms with Gasteiger partial charge in [0.2, 0.25) is 5.91 Å². The zero-order valence-electron chi connectivity index (χ0n) is 16.0. The van der Waals surface area contributed by atoms with Gasteiger partial charge >= 0.3 is 0 Å². The van der Waals surface area contributed by atoms with E-state index in [4.69, 9.17) is 11.6 Å². The van der Waals surface area contributed by atoms with Gasteiger partial charge in [-0.2, -0.15) is 0 Å². The normalized spacial score (nSPS) is 23.9. The van der Waals surface area contributed by atoms with Crippen LogP contribution in [0.1, 0.15) is 49.9 Å². The smallest absolute Gasteiger partial charge is 0.255 e. The number of carbonyl (C=O) groups is 2. The second-order valence-electron chi connectivity index (χ2n) is 7.36. The van der Waals surface area contributed by atoms with Gasteiger partial charge in [-0.1, -0.05) is 24.4 Å². The van der Waals surface area contributed by atoms with Crippen molar-refractivity contribution >= 4 is 41.5 Å². The number of rotatable bonds is 5. The Morgan fingerprint density at radius 2 is 2.04 bits per heavy atom. The van der Waals surface area contributed by atoms with Gasteiger partial charge < -0.3 is 15.5 Å². The highest BCUT2D eigenvalue weighted by molar-refractivity contribution is 6.34. The van der Waals surface area contributed by atoms with Crippen molar-refractivity contribution in [3.63, 3.8) is 0 Å². The van der Waals surface area contributed by atoms with Crippen LogP contribution in [-0.4, -0.2) is 42.9 Å². The fourth-order valence-corrected chi connectivity index (χ4v) is 4.65. The number of amides is 2. The van der Waals surface area contributed by atoms with Crippen LogP contribution < -0.4 is 10.6 Å². The summed E-state index contributed by atoms with van der Waals surface area (Å²) in [5.41, 5.74) is 0.826. The predicted molar refractivity (Wildman–Crippen MR) is 112 cm³/mol. The lowest BCUT2D eigenvalue weighted by Gasteiger charge is -2.37. The minimum absolute atomic E-state index is 0. The summed E-state index contributed by atoms with van der Waals surface area (Å²) in [6.45, 7) is 6.84. The van der Waals surface area contributed by atoms with Gasteiger partial charge in [-0.25, -0.2) is 0 Å². The molecule has 0 spiro atoms. The Morgan fingerprint density at radius 3 is 2.70 bits per heavy atom. The van der Waals surface area contributed by atoms with Crippen LogP contribution in [-0.2, 0) is 4.79 Å². The van der Waals surface area contributed by atoms with E-state index in [2.05, 4.69) is 10.6 Å². The quantitative estimate of drug-likeness (QED) is 0.767. The second kappa shape index (κ2) is 9.26. The number of nitrogens with zero attached hydrogens (tertiary/aromatic N) is 1. The largest absolute Gasteiger partial charge is 0.339 e. The molecule has 0 unspecified atom stereocenters. The van der Waals surface area contributed by atoms with Gasteiger partial charge in [0.05, 0.1) is 16.0 Å². The van der Waals surface area contributed by atoms with Crippen LogP contribution in [0.3, 0.4) is 0 Å². The van der Waals surface area contributed by atoms with Gasteiger partial charge in [0.15, 0.2) is 0 Å². The molecule has 1 aromatic carbocycles. The molecule has 27 heavy (non-hydrogen) atoms. The summed E-state index contributed by atoms with van der Waals surface area (Å²) < 4.78 is 0. The molecular weight excluding hydrogens is 385 g/mol. The molecule has 3 rings (SSSR count). The molecule has 1 aliphatic heterocycles. The lowest BCUT2D eigenvalue weighted by Crippen LogP contribution is -2.44. The Bertz CT molecular complexity index is 694. The van der Waals surface area contributed by atoms with E-state index in [0.717, 1.165) is 32.4 Å². The number of fused-ring (bicyclic) bond motifs is 1. The van der Waals surface area contributed by atoms with Crippen molar-refractivity contribution in [2.45, 2.75) is 39.5 Å². The molecule has 1 aromatic rings. The monoisotopic (exact) mass is 413 g/mol. The minimum Gasteiger partial charge on any atom is -0.339 e. The number of halogens is 2. The molecule has 5 nitrogen and oxygen atoms in total. The van der Waals surface area contributed by atoms with Crippen LogP contribution in [0, 0.1) is 11.3 Å². The zero-order valence-corrected chi connectivity index (χ0v) is 17.6. The van der Waals surface area contributed by atoms with Gasteiger partial charge in [-0.3, -0.25) is 9.59 Å². The highest BCUT2D eigenvalue weighted by atomic mass is 35.5. The summed E-state index contributed by atoms with van der Waals surface area (Å²) in [7, 11) is 0. The first-order chi connectivity index (χ1) is 12.5. The van der Waals surface area contributed by atoms with E-state index in [1.807, 2.05) is 13.8 Å². The van der Waals surface area contributed by atoms with Crippen molar-refractivity contribution in [1.29, 1.82) is 0 Å². The van der Waals surface area contributed by atoms with Gasteiger partial charge in [0, 0.05) is 25.3 Å². The molecule has 150 valence electrons. The van der Waals surface area contributed by atoms with Crippen LogP contribution in [0.15, 0.2) is 18.2 Å². The molecule has 2 amide bonds. The maximum absolute atomic E-state index is 13.0. The molecule has 0 bridgehead atoms. The molecule has 1 heterocycles. The second-order valence-corrected chi connectivity index (χ2v) is 7.76. The maximum atomic E-state index is 13.0. The third-order valence-electron chi connectivity index (χ3n) is 6.00. The summed E-state index contributed by atoms with van der Waals surface area (Å²) in [4.78, 5) is 27.3. The third kappa shape index (κ3) is 4.25. The highest BCUT2D eigenvalue weighted by Crippen LogP contribution is 2.44. The number of nitrogens with one attached hydrogen (secondary N) is 2. The zero-order chi connectivity index (χ0) is 18.7. The average molecular weight is 414 g/mol. The standard InChI is InChI=1S/C20H28ClN3O2.ClH/c1-3-24(4-2)18(25)16-9-8-15(11-17(16)21)23-19(26)20-10-6-5-7-14(20)12-22-13-20;/h8-9,11,14,22H,3-7,10,12-13H2,1-2H3,(H,23,26);1H/t14-,20+;/m0./s1.